The number of nitrogens with zero attached hydrogens (tertiary/aromatic N) is 2. The average molecular weight is 354 g/mol. The summed E-state index contributed by atoms with van der Waals surface area (Å²) in [6.45, 7) is 7.93. The van der Waals surface area contributed by atoms with Gasteiger partial charge in [-0.05, 0) is 7.05 Å². The molecule has 1 saturated heterocycles. The van der Waals surface area contributed by atoms with E-state index in [0.29, 0.717) is 6.54 Å². The Balaban J connectivity index is 0.00000256. The SMILES string of the molecule is C=CCNC(=NC)NCC1CN(C)CCO1.I. The van der Waals surface area contributed by atoms with Crippen LogP contribution in [0.5, 0.6) is 0 Å². The minimum atomic E-state index is 0. The summed E-state index contributed by atoms with van der Waals surface area (Å²) in [6, 6.07) is 0. The lowest BCUT2D eigenvalue weighted by Crippen LogP contribution is -2.48. The third-order valence-electron chi connectivity index (χ3n) is 2.48. The summed E-state index contributed by atoms with van der Waals surface area (Å²) in [5.41, 5.74) is 0. The zero-order valence-electron chi connectivity index (χ0n) is 10.6. The van der Waals surface area contributed by atoms with E-state index in [4.69, 9.17) is 4.74 Å². The summed E-state index contributed by atoms with van der Waals surface area (Å²) in [7, 11) is 3.87. The number of guanidine groups is 1. The van der Waals surface area contributed by atoms with Gasteiger partial charge in [0, 0.05) is 33.2 Å². The van der Waals surface area contributed by atoms with Crippen LogP contribution >= 0.6 is 24.0 Å². The lowest BCUT2D eigenvalue weighted by atomic mass is 10.3. The van der Waals surface area contributed by atoms with Crippen molar-refractivity contribution in [1.82, 2.24) is 15.5 Å². The molecule has 0 spiro atoms. The van der Waals surface area contributed by atoms with E-state index in [2.05, 4.69) is 34.2 Å². The van der Waals surface area contributed by atoms with Gasteiger partial charge in [0.1, 0.15) is 0 Å². The summed E-state index contributed by atoms with van der Waals surface area (Å²) in [4.78, 5) is 6.38. The molecule has 0 bridgehead atoms. The lowest BCUT2D eigenvalue weighted by Gasteiger charge is -2.30. The Labute approximate surface area is 121 Å². The Morgan fingerprint density at radius 3 is 2.94 bits per heavy atom. The number of hydrogen-bond acceptors (Lipinski definition) is 3. The molecule has 1 unspecified atom stereocenters. The van der Waals surface area contributed by atoms with Crippen LogP contribution in [-0.2, 0) is 4.74 Å². The maximum atomic E-state index is 5.64. The van der Waals surface area contributed by atoms with Crippen molar-refractivity contribution < 1.29 is 4.74 Å². The summed E-state index contributed by atoms with van der Waals surface area (Å²) in [5, 5.41) is 6.36. The maximum absolute atomic E-state index is 5.64. The van der Waals surface area contributed by atoms with Crippen molar-refractivity contribution in [2.75, 3.05) is 46.9 Å². The molecule has 100 valence electrons. The maximum Gasteiger partial charge on any atom is 0.191 e. The average Bonchev–Trinajstić information content (AvgIpc) is 2.29. The van der Waals surface area contributed by atoms with Gasteiger partial charge in [0.25, 0.3) is 0 Å². The van der Waals surface area contributed by atoms with Crippen molar-refractivity contribution in [2.24, 2.45) is 4.99 Å². The first-order valence-corrected chi connectivity index (χ1v) is 5.61. The molecule has 0 amide bonds. The number of hydrogen-bond donors (Lipinski definition) is 2. The highest BCUT2D eigenvalue weighted by Crippen LogP contribution is 2.01. The zero-order chi connectivity index (χ0) is 11.8. The topological polar surface area (TPSA) is 48.9 Å². The molecule has 0 aromatic carbocycles. The molecule has 0 radical (unpaired) electrons. The van der Waals surface area contributed by atoms with Crippen LogP contribution in [-0.4, -0.2) is 63.8 Å². The Hall–Kier alpha value is -0.340. The van der Waals surface area contributed by atoms with E-state index in [0.717, 1.165) is 32.2 Å². The standard InChI is InChI=1S/C11H22N4O.HI/c1-4-5-13-11(12-2)14-8-10-9-15(3)6-7-16-10;/h4,10H,1,5-9H2,2-3H3,(H2,12,13,14);1H. The molecule has 6 heteroatoms. The van der Waals surface area contributed by atoms with Gasteiger partial charge in [-0.25, -0.2) is 0 Å². The summed E-state index contributed by atoms with van der Waals surface area (Å²) in [6.07, 6.45) is 2.04. The Bertz CT molecular complexity index is 248. The number of halogens is 1. The molecule has 0 aromatic rings. The molecule has 0 saturated carbocycles. The van der Waals surface area contributed by atoms with Crippen molar-refractivity contribution in [3.8, 4) is 0 Å². The fourth-order valence-corrected chi connectivity index (χ4v) is 1.59. The smallest absolute Gasteiger partial charge is 0.191 e. The largest absolute Gasteiger partial charge is 0.374 e. The molecule has 1 fully saturated rings. The number of likely N-dealkylation sites (N-methyl/N-ethyl adjacent to an activating group) is 1. The van der Waals surface area contributed by atoms with Crippen molar-refractivity contribution >= 4 is 29.9 Å². The normalized spacial score (nSPS) is 21.5. The molecule has 1 aliphatic rings. The van der Waals surface area contributed by atoms with E-state index in [-0.39, 0.29) is 30.1 Å². The molecular weight excluding hydrogens is 331 g/mol. The van der Waals surface area contributed by atoms with Gasteiger partial charge < -0.3 is 20.3 Å². The summed E-state index contributed by atoms with van der Waals surface area (Å²) < 4.78 is 5.64. The first-order valence-electron chi connectivity index (χ1n) is 5.61. The third kappa shape index (κ3) is 6.85. The molecule has 5 nitrogen and oxygen atoms in total. The Morgan fingerprint density at radius 1 is 1.59 bits per heavy atom. The molecule has 1 heterocycles. The predicted octanol–water partition coefficient (Wildman–Crippen LogP) is 0.286. The van der Waals surface area contributed by atoms with Gasteiger partial charge in [-0.3, -0.25) is 4.99 Å². The van der Waals surface area contributed by atoms with E-state index >= 15 is 0 Å². The Morgan fingerprint density at radius 2 is 2.35 bits per heavy atom. The molecule has 0 aromatic heterocycles. The second-order valence-corrected chi connectivity index (χ2v) is 3.88. The fraction of sp³-hybridized carbons (Fsp3) is 0.727. The molecule has 2 N–H and O–H groups in total. The van der Waals surface area contributed by atoms with Crippen molar-refractivity contribution in [1.29, 1.82) is 0 Å². The van der Waals surface area contributed by atoms with Crippen LogP contribution in [0.4, 0.5) is 0 Å². The highest BCUT2D eigenvalue weighted by molar-refractivity contribution is 14.0. The molecule has 0 aliphatic carbocycles. The van der Waals surface area contributed by atoms with Crippen LogP contribution < -0.4 is 10.6 Å². The first-order chi connectivity index (χ1) is 7.76. The van der Waals surface area contributed by atoms with Gasteiger partial charge in [0.2, 0.25) is 0 Å². The van der Waals surface area contributed by atoms with Gasteiger partial charge in [0.15, 0.2) is 5.96 Å². The van der Waals surface area contributed by atoms with Gasteiger partial charge in [-0.15, -0.1) is 30.6 Å². The number of morpholine rings is 1. The Kier molecular flexibility index (Phi) is 9.47. The molecule has 1 atom stereocenters. The second kappa shape index (κ2) is 9.67. The molecule has 17 heavy (non-hydrogen) atoms. The summed E-state index contributed by atoms with van der Waals surface area (Å²) in [5.74, 6) is 0.789. The van der Waals surface area contributed by atoms with E-state index < -0.39 is 0 Å². The van der Waals surface area contributed by atoms with Gasteiger partial charge in [0.05, 0.1) is 12.7 Å². The first kappa shape index (κ1) is 16.7. The van der Waals surface area contributed by atoms with Crippen LogP contribution in [0.25, 0.3) is 0 Å². The highest BCUT2D eigenvalue weighted by atomic mass is 127. The van der Waals surface area contributed by atoms with Gasteiger partial charge in [-0.1, -0.05) is 6.08 Å². The number of aliphatic imine (C=N–C) groups is 1. The van der Waals surface area contributed by atoms with Gasteiger partial charge >= 0.3 is 0 Å². The number of ether oxygens (including phenoxy) is 1. The van der Waals surface area contributed by atoms with E-state index in [1.54, 1.807) is 13.1 Å². The highest BCUT2D eigenvalue weighted by Gasteiger charge is 2.17. The number of rotatable bonds is 4. The molecule has 1 aliphatic heterocycles. The van der Waals surface area contributed by atoms with E-state index in [1.807, 2.05) is 0 Å². The minimum Gasteiger partial charge on any atom is -0.374 e. The predicted molar refractivity (Wildman–Crippen MR) is 82.2 cm³/mol. The van der Waals surface area contributed by atoms with Crippen LogP contribution in [0.3, 0.4) is 0 Å². The van der Waals surface area contributed by atoms with Gasteiger partial charge in [-0.2, -0.15) is 0 Å². The second-order valence-electron chi connectivity index (χ2n) is 3.88. The minimum absolute atomic E-state index is 0. The molecular formula is C11H23IN4O. The molecule has 1 rings (SSSR count). The van der Waals surface area contributed by atoms with E-state index in [9.17, 15) is 0 Å². The van der Waals surface area contributed by atoms with Crippen molar-refractivity contribution in [3.63, 3.8) is 0 Å². The van der Waals surface area contributed by atoms with Crippen LogP contribution in [0.1, 0.15) is 0 Å². The summed E-state index contributed by atoms with van der Waals surface area (Å²) >= 11 is 0. The van der Waals surface area contributed by atoms with Crippen LogP contribution in [0, 0.1) is 0 Å². The lowest BCUT2D eigenvalue weighted by molar-refractivity contribution is -0.0161. The number of nitrogens with one attached hydrogen (secondary N) is 2. The van der Waals surface area contributed by atoms with E-state index in [1.165, 1.54) is 0 Å². The zero-order valence-corrected chi connectivity index (χ0v) is 12.9. The van der Waals surface area contributed by atoms with Crippen molar-refractivity contribution in [3.05, 3.63) is 12.7 Å². The third-order valence-corrected chi connectivity index (χ3v) is 2.48. The van der Waals surface area contributed by atoms with Crippen LogP contribution in [0.15, 0.2) is 17.6 Å². The fourth-order valence-electron chi connectivity index (χ4n) is 1.59. The quantitative estimate of drug-likeness (QED) is 0.330. The monoisotopic (exact) mass is 354 g/mol. The van der Waals surface area contributed by atoms with Crippen LogP contribution in [0.2, 0.25) is 0 Å². The van der Waals surface area contributed by atoms with Crippen molar-refractivity contribution in [2.45, 2.75) is 6.10 Å².